The summed E-state index contributed by atoms with van der Waals surface area (Å²) in [5, 5.41) is 8.93. The van der Waals surface area contributed by atoms with E-state index in [1.54, 1.807) is 0 Å². The van der Waals surface area contributed by atoms with Crippen LogP contribution in [0.4, 0.5) is 0 Å². The Morgan fingerprint density at radius 1 is 1.31 bits per heavy atom. The molecule has 0 rings (SSSR count). The molecule has 13 heavy (non-hydrogen) atoms. The molecule has 0 aliphatic rings. The van der Waals surface area contributed by atoms with Gasteiger partial charge in [0.15, 0.2) is 5.78 Å². The molecule has 0 bridgehead atoms. The number of Topliss-reactive ketones (excluding diaryl/α,β-unsaturated/α-hetero) is 1. The molecule has 0 radical (unpaired) electrons. The Morgan fingerprint density at radius 2 is 1.92 bits per heavy atom. The van der Waals surface area contributed by atoms with Gasteiger partial charge in [-0.05, 0) is 19.3 Å². The number of rotatable bonds is 7. The van der Waals surface area contributed by atoms with E-state index < -0.39 is 6.10 Å². The molecule has 0 saturated heterocycles. The fourth-order valence-corrected chi connectivity index (χ4v) is 1.21. The van der Waals surface area contributed by atoms with Gasteiger partial charge in [0.05, 0.1) is 0 Å². The molecule has 0 spiro atoms. The van der Waals surface area contributed by atoms with Crippen molar-refractivity contribution in [3.63, 3.8) is 0 Å². The highest BCUT2D eigenvalue weighted by atomic mass is 16.3. The maximum Gasteiger partial charge on any atom is 0.160 e. The van der Waals surface area contributed by atoms with Gasteiger partial charge in [0.2, 0.25) is 0 Å². The van der Waals surface area contributed by atoms with E-state index in [1.165, 1.54) is 19.8 Å². The van der Waals surface area contributed by atoms with Crippen molar-refractivity contribution < 1.29 is 9.90 Å². The maximum absolute atomic E-state index is 11.0. The molecule has 2 heteroatoms. The molecule has 0 amide bonds. The van der Waals surface area contributed by atoms with E-state index in [4.69, 9.17) is 5.11 Å². The summed E-state index contributed by atoms with van der Waals surface area (Å²) in [7, 11) is 0. The number of carbonyl (C=O) groups is 1. The van der Waals surface area contributed by atoms with Gasteiger partial charge in [0.25, 0.3) is 0 Å². The quantitative estimate of drug-likeness (QED) is 0.620. The number of aliphatic hydroxyl groups is 1. The van der Waals surface area contributed by atoms with Crippen molar-refractivity contribution in [3.8, 4) is 0 Å². The molecule has 0 aromatic carbocycles. The fourth-order valence-electron chi connectivity index (χ4n) is 1.21. The van der Waals surface area contributed by atoms with E-state index in [0.717, 1.165) is 18.8 Å². The summed E-state index contributed by atoms with van der Waals surface area (Å²) in [4.78, 5) is 11.0. The van der Waals surface area contributed by atoms with Crippen LogP contribution in [0.15, 0.2) is 0 Å². The zero-order valence-electron chi connectivity index (χ0n) is 9.05. The summed E-state index contributed by atoms with van der Waals surface area (Å²) in [6, 6.07) is 0. The first-order chi connectivity index (χ1) is 6.07. The minimum atomic E-state index is -0.774. The molecule has 0 aromatic heterocycles. The van der Waals surface area contributed by atoms with Crippen LogP contribution < -0.4 is 0 Å². The SMILES string of the molecule is CCC(C)CCCCC(=O)C(C)O. The van der Waals surface area contributed by atoms with E-state index in [0.29, 0.717) is 6.42 Å². The van der Waals surface area contributed by atoms with Crippen molar-refractivity contribution >= 4 is 5.78 Å². The van der Waals surface area contributed by atoms with Crippen molar-refractivity contribution in [2.45, 2.75) is 59.0 Å². The molecule has 2 unspecified atom stereocenters. The molecule has 0 aliphatic heterocycles. The van der Waals surface area contributed by atoms with Crippen LogP contribution in [0, 0.1) is 5.92 Å². The number of carbonyl (C=O) groups excluding carboxylic acids is 1. The lowest BCUT2D eigenvalue weighted by atomic mass is 9.99. The zero-order chi connectivity index (χ0) is 10.3. The molecule has 0 aliphatic carbocycles. The van der Waals surface area contributed by atoms with Gasteiger partial charge in [-0.2, -0.15) is 0 Å². The van der Waals surface area contributed by atoms with E-state index in [9.17, 15) is 4.79 Å². The molecular weight excluding hydrogens is 164 g/mol. The van der Waals surface area contributed by atoms with Crippen LogP contribution in [0.2, 0.25) is 0 Å². The maximum atomic E-state index is 11.0. The molecule has 78 valence electrons. The number of ketones is 1. The van der Waals surface area contributed by atoms with Gasteiger partial charge in [-0.15, -0.1) is 0 Å². The van der Waals surface area contributed by atoms with Gasteiger partial charge >= 0.3 is 0 Å². The minimum Gasteiger partial charge on any atom is -0.386 e. The number of hydrogen-bond donors (Lipinski definition) is 1. The highest BCUT2D eigenvalue weighted by molar-refractivity contribution is 5.82. The molecule has 0 heterocycles. The Kier molecular flexibility index (Phi) is 6.87. The van der Waals surface area contributed by atoms with Gasteiger partial charge in [0.1, 0.15) is 6.10 Å². The third-order valence-corrected chi connectivity index (χ3v) is 2.53. The van der Waals surface area contributed by atoms with E-state index in [-0.39, 0.29) is 5.78 Å². The lowest BCUT2D eigenvalue weighted by Crippen LogP contribution is -2.15. The molecular formula is C11H22O2. The Balaban J connectivity index is 3.31. The van der Waals surface area contributed by atoms with Crippen LogP contribution in [0.5, 0.6) is 0 Å². The van der Waals surface area contributed by atoms with Crippen molar-refractivity contribution in [3.05, 3.63) is 0 Å². The molecule has 1 N–H and O–H groups in total. The number of unbranched alkanes of at least 4 members (excludes halogenated alkanes) is 1. The van der Waals surface area contributed by atoms with E-state index >= 15 is 0 Å². The summed E-state index contributed by atoms with van der Waals surface area (Å²) in [6.07, 6.45) is 4.20. The summed E-state index contributed by atoms with van der Waals surface area (Å²) in [6.45, 7) is 5.96. The lowest BCUT2D eigenvalue weighted by molar-refractivity contribution is -0.126. The summed E-state index contributed by atoms with van der Waals surface area (Å²) < 4.78 is 0. The minimum absolute atomic E-state index is 0.0239. The summed E-state index contributed by atoms with van der Waals surface area (Å²) in [5.74, 6) is 0.741. The number of aliphatic hydroxyl groups excluding tert-OH is 1. The highest BCUT2D eigenvalue weighted by Gasteiger charge is 2.08. The van der Waals surface area contributed by atoms with Gasteiger partial charge in [0, 0.05) is 6.42 Å². The molecule has 2 nitrogen and oxygen atoms in total. The normalized spacial score (nSPS) is 15.4. The van der Waals surface area contributed by atoms with Crippen molar-refractivity contribution in [2.75, 3.05) is 0 Å². The van der Waals surface area contributed by atoms with Crippen LogP contribution in [0.1, 0.15) is 52.9 Å². The molecule has 0 saturated carbocycles. The molecule has 2 atom stereocenters. The van der Waals surface area contributed by atoms with Gasteiger partial charge in [-0.25, -0.2) is 0 Å². The predicted octanol–water partition coefficient (Wildman–Crippen LogP) is 2.54. The smallest absolute Gasteiger partial charge is 0.160 e. The number of hydrogen-bond acceptors (Lipinski definition) is 2. The Hall–Kier alpha value is -0.370. The van der Waals surface area contributed by atoms with Crippen LogP contribution in [0.25, 0.3) is 0 Å². The average molecular weight is 186 g/mol. The third kappa shape index (κ3) is 6.76. The topological polar surface area (TPSA) is 37.3 Å². The van der Waals surface area contributed by atoms with Crippen LogP contribution >= 0.6 is 0 Å². The largest absolute Gasteiger partial charge is 0.386 e. The van der Waals surface area contributed by atoms with Gasteiger partial charge < -0.3 is 5.11 Å². The molecule has 0 aromatic rings. The lowest BCUT2D eigenvalue weighted by Gasteiger charge is -2.07. The highest BCUT2D eigenvalue weighted by Crippen LogP contribution is 2.12. The van der Waals surface area contributed by atoms with Gasteiger partial charge in [-0.3, -0.25) is 4.79 Å². The third-order valence-electron chi connectivity index (χ3n) is 2.53. The fraction of sp³-hybridized carbons (Fsp3) is 0.909. The zero-order valence-corrected chi connectivity index (χ0v) is 9.05. The second kappa shape index (κ2) is 7.07. The van der Waals surface area contributed by atoms with Gasteiger partial charge in [-0.1, -0.05) is 33.1 Å². The Morgan fingerprint density at radius 3 is 2.38 bits per heavy atom. The monoisotopic (exact) mass is 186 g/mol. The summed E-state index contributed by atoms with van der Waals surface area (Å²) in [5.41, 5.74) is 0. The van der Waals surface area contributed by atoms with Crippen LogP contribution in [0.3, 0.4) is 0 Å². The van der Waals surface area contributed by atoms with E-state index in [1.807, 2.05) is 0 Å². The van der Waals surface area contributed by atoms with Crippen molar-refractivity contribution in [1.29, 1.82) is 0 Å². The van der Waals surface area contributed by atoms with Crippen molar-refractivity contribution in [1.82, 2.24) is 0 Å². The second-order valence-electron chi connectivity index (χ2n) is 3.90. The Bertz CT molecular complexity index is 141. The molecule has 0 fully saturated rings. The summed E-state index contributed by atoms with van der Waals surface area (Å²) >= 11 is 0. The van der Waals surface area contributed by atoms with Crippen molar-refractivity contribution in [2.24, 2.45) is 5.92 Å². The van der Waals surface area contributed by atoms with Crippen LogP contribution in [-0.2, 0) is 4.79 Å². The first-order valence-electron chi connectivity index (χ1n) is 5.28. The standard InChI is InChI=1S/C11H22O2/c1-4-9(2)7-5-6-8-11(13)10(3)12/h9-10,12H,4-8H2,1-3H3. The first kappa shape index (κ1) is 12.6. The average Bonchev–Trinajstić information content (AvgIpc) is 2.11. The van der Waals surface area contributed by atoms with Crippen LogP contribution in [-0.4, -0.2) is 17.0 Å². The van der Waals surface area contributed by atoms with E-state index in [2.05, 4.69) is 13.8 Å². The predicted molar refractivity (Wildman–Crippen MR) is 54.6 cm³/mol. The Labute approximate surface area is 81.3 Å². The first-order valence-corrected chi connectivity index (χ1v) is 5.28. The second-order valence-corrected chi connectivity index (χ2v) is 3.90.